The molecular weight excluding hydrogens is 242 g/mol. The standard InChI is InChI=1S/C14H23N3O2/c1-5-6-15-13(10(2)3)8-14-11(4)7-12(9-16-14)17(18)19/h7,9-10,13,15H,5-6,8H2,1-4H3. The number of hydrogen-bond acceptors (Lipinski definition) is 4. The molecule has 5 nitrogen and oxygen atoms in total. The SMILES string of the molecule is CCCNC(Cc1ncc([N+](=O)[O-])cc1C)C(C)C. The molecular formula is C14H23N3O2. The molecule has 0 fully saturated rings. The Balaban J connectivity index is 2.81. The fourth-order valence-electron chi connectivity index (χ4n) is 1.98. The maximum Gasteiger partial charge on any atom is 0.287 e. The first-order valence-electron chi connectivity index (χ1n) is 6.79. The highest BCUT2D eigenvalue weighted by atomic mass is 16.6. The summed E-state index contributed by atoms with van der Waals surface area (Å²) in [6.45, 7) is 9.35. The van der Waals surface area contributed by atoms with Crippen LogP contribution in [0.5, 0.6) is 0 Å². The normalized spacial score (nSPS) is 12.7. The van der Waals surface area contributed by atoms with Crippen LogP contribution in [0, 0.1) is 23.0 Å². The van der Waals surface area contributed by atoms with Gasteiger partial charge in [-0.3, -0.25) is 15.1 Å². The lowest BCUT2D eigenvalue weighted by molar-refractivity contribution is -0.385. The molecule has 0 aromatic carbocycles. The van der Waals surface area contributed by atoms with Crippen molar-refractivity contribution in [2.75, 3.05) is 6.54 Å². The second-order valence-corrected chi connectivity index (χ2v) is 5.22. The van der Waals surface area contributed by atoms with Gasteiger partial charge in [0.2, 0.25) is 0 Å². The van der Waals surface area contributed by atoms with E-state index in [4.69, 9.17) is 0 Å². The van der Waals surface area contributed by atoms with E-state index in [0.29, 0.717) is 12.0 Å². The first kappa shape index (κ1) is 15.6. The van der Waals surface area contributed by atoms with Crippen LogP contribution < -0.4 is 5.32 Å². The number of nitrogens with one attached hydrogen (secondary N) is 1. The largest absolute Gasteiger partial charge is 0.313 e. The van der Waals surface area contributed by atoms with Crippen molar-refractivity contribution < 1.29 is 4.92 Å². The molecule has 0 amide bonds. The van der Waals surface area contributed by atoms with E-state index in [1.807, 2.05) is 6.92 Å². The fraction of sp³-hybridized carbons (Fsp3) is 0.643. The number of aromatic nitrogens is 1. The molecule has 5 heteroatoms. The van der Waals surface area contributed by atoms with Gasteiger partial charge >= 0.3 is 0 Å². The van der Waals surface area contributed by atoms with Crippen LogP contribution in [0.15, 0.2) is 12.3 Å². The van der Waals surface area contributed by atoms with Gasteiger partial charge in [-0.15, -0.1) is 0 Å². The van der Waals surface area contributed by atoms with Gasteiger partial charge in [0, 0.05) is 24.2 Å². The number of nitrogens with zero attached hydrogens (tertiary/aromatic N) is 2. The molecule has 0 radical (unpaired) electrons. The van der Waals surface area contributed by atoms with Crippen LogP contribution in [-0.4, -0.2) is 22.5 Å². The highest BCUT2D eigenvalue weighted by Gasteiger charge is 2.16. The van der Waals surface area contributed by atoms with Gasteiger partial charge in [0.05, 0.1) is 4.92 Å². The van der Waals surface area contributed by atoms with Crippen molar-refractivity contribution in [1.29, 1.82) is 0 Å². The summed E-state index contributed by atoms with van der Waals surface area (Å²) < 4.78 is 0. The topological polar surface area (TPSA) is 68.1 Å². The Bertz CT molecular complexity index is 433. The van der Waals surface area contributed by atoms with Gasteiger partial charge in [-0.25, -0.2) is 0 Å². The van der Waals surface area contributed by atoms with E-state index in [9.17, 15) is 10.1 Å². The summed E-state index contributed by atoms with van der Waals surface area (Å²) in [6, 6.07) is 1.95. The molecule has 19 heavy (non-hydrogen) atoms. The fourth-order valence-corrected chi connectivity index (χ4v) is 1.98. The summed E-state index contributed by atoms with van der Waals surface area (Å²) in [4.78, 5) is 14.5. The second kappa shape index (κ2) is 7.19. The number of pyridine rings is 1. The second-order valence-electron chi connectivity index (χ2n) is 5.22. The zero-order valence-corrected chi connectivity index (χ0v) is 12.1. The van der Waals surface area contributed by atoms with Crippen LogP contribution in [0.2, 0.25) is 0 Å². The Morgan fingerprint density at radius 1 is 1.47 bits per heavy atom. The van der Waals surface area contributed by atoms with E-state index in [1.54, 1.807) is 6.07 Å². The molecule has 0 aliphatic carbocycles. The monoisotopic (exact) mass is 265 g/mol. The Morgan fingerprint density at radius 2 is 2.16 bits per heavy atom. The van der Waals surface area contributed by atoms with Crippen molar-refractivity contribution in [1.82, 2.24) is 10.3 Å². The summed E-state index contributed by atoms with van der Waals surface area (Å²) >= 11 is 0. The Morgan fingerprint density at radius 3 is 2.63 bits per heavy atom. The van der Waals surface area contributed by atoms with Crippen molar-refractivity contribution in [3.05, 3.63) is 33.6 Å². The van der Waals surface area contributed by atoms with Crippen LogP contribution in [0.3, 0.4) is 0 Å². The molecule has 106 valence electrons. The highest BCUT2D eigenvalue weighted by molar-refractivity contribution is 5.33. The van der Waals surface area contributed by atoms with Gasteiger partial charge in [0.25, 0.3) is 5.69 Å². The summed E-state index contributed by atoms with van der Waals surface area (Å²) in [5.41, 5.74) is 1.88. The number of rotatable bonds is 7. The van der Waals surface area contributed by atoms with Crippen LogP contribution in [0.25, 0.3) is 0 Å². The van der Waals surface area contributed by atoms with Crippen LogP contribution >= 0.6 is 0 Å². The van der Waals surface area contributed by atoms with Gasteiger partial charge in [0.15, 0.2) is 0 Å². The van der Waals surface area contributed by atoms with Gasteiger partial charge in [-0.05, 0) is 31.4 Å². The third-order valence-corrected chi connectivity index (χ3v) is 3.26. The molecule has 0 aliphatic rings. The quantitative estimate of drug-likeness (QED) is 0.608. The van der Waals surface area contributed by atoms with Crippen molar-refractivity contribution in [2.24, 2.45) is 5.92 Å². The minimum absolute atomic E-state index is 0.0591. The smallest absolute Gasteiger partial charge is 0.287 e. The van der Waals surface area contributed by atoms with E-state index in [1.165, 1.54) is 6.20 Å². The predicted octanol–water partition coefficient (Wildman–Crippen LogP) is 2.86. The zero-order valence-electron chi connectivity index (χ0n) is 12.1. The molecule has 0 saturated carbocycles. The molecule has 1 aromatic heterocycles. The van der Waals surface area contributed by atoms with Crippen molar-refractivity contribution in [2.45, 2.75) is 46.6 Å². The first-order valence-corrected chi connectivity index (χ1v) is 6.79. The lowest BCUT2D eigenvalue weighted by atomic mass is 9.97. The van der Waals surface area contributed by atoms with Crippen molar-refractivity contribution >= 4 is 5.69 Å². The molecule has 1 aromatic rings. The van der Waals surface area contributed by atoms with Crippen LogP contribution in [0.1, 0.15) is 38.4 Å². The lowest BCUT2D eigenvalue weighted by Crippen LogP contribution is -2.36. The molecule has 1 heterocycles. The molecule has 1 unspecified atom stereocenters. The minimum atomic E-state index is -0.404. The van der Waals surface area contributed by atoms with Crippen molar-refractivity contribution in [3.8, 4) is 0 Å². The number of hydrogen-bond donors (Lipinski definition) is 1. The maximum atomic E-state index is 10.7. The predicted molar refractivity (Wildman–Crippen MR) is 76.3 cm³/mol. The van der Waals surface area contributed by atoms with E-state index < -0.39 is 4.92 Å². The third-order valence-electron chi connectivity index (χ3n) is 3.26. The Hall–Kier alpha value is -1.49. The molecule has 0 spiro atoms. The van der Waals surface area contributed by atoms with E-state index in [0.717, 1.165) is 30.6 Å². The average molecular weight is 265 g/mol. The van der Waals surface area contributed by atoms with Crippen LogP contribution in [0.4, 0.5) is 5.69 Å². The van der Waals surface area contributed by atoms with E-state index >= 15 is 0 Å². The Labute approximate surface area is 114 Å². The summed E-state index contributed by atoms with van der Waals surface area (Å²) in [7, 11) is 0. The molecule has 0 bridgehead atoms. The average Bonchev–Trinajstić information content (AvgIpc) is 2.35. The van der Waals surface area contributed by atoms with Crippen LogP contribution in [-0.2, 0) is 6.42 Å². The number of aryl methyl sites for hydroxylation is 1. The molecule has 0 saturated heterocycles. The minimum Gasteiger partial charge on any atom is -0.313 e. The van der Waals surface area contributed by atoms with Crippen molar-refractivity contribution in [3.63, 3.8) is 0 Å². The summed E-state index contributed by atoms with van der Waals surface area (Å²) in [5.74, 6) is 0.503. The van der Waals surface area contributed by atoms with E-state index in [-0.39, 0.29) is 5.69 Å². The lowest BCUT2D eigenvalue weighted by Gasteiger charge is -2.22. The molecule has 0 aliphatic heterocycles. The summed E-state index contributed by atoms with van der Waals surface area (Å²) in [6.07, 6.45) is 3.25. The van der Waals surface area contributed by atoms with Gasteiger partial charge in [0.1, 0.15) is 6.20 Å². The molecule has 1 atom stereocenters. The highest BCUT2D eigenvalue weighted by Crippen LogP contribution is 2.17. The van der Waals surface area contributed by atoms with Gasteiger partial charge in [-0.2, -0.15) is 0 Å². The van der Waals surface area contributed by atoms with Gasteiger partial charge < -0.3 is 5.32 Å². The number of nitro groups is 1. The zero-order chi connectivity index (χ0) is 14.4. The first-order chi connectivity index (χ1) is 8.95. The molecule has 1 rings (SSSR count). The Kier molecular flexibility index (Phi) is 5.89. The third kappa shape index (κ3) is 4.59. The van der Waals surface area contributed by atoms with E-state index in [2.05, 4.69) is 31.1 Å². The maximum absolute atomic E-state index is 10.7. The molecule has 1 N–H and O–H groups in total. The van der Waals surface area contributed by atoms with Gasteiger partial charge in [-0.1, -0.05) is 20.8 Å². The summed E-state index contributed by atoms with van der Waals surface area (Å²) in [5, 5.41) is 14.2.